The van der Waals surface area contributed by atoms with E-state index in [1.54, 1.807) is 30.5 Å². The van der Waals surface area contributed by atoms with Gasteiger partial charge in [0, 0.05) is 29.3 Å². The van der Waals surface area contributed by atoms with Crippen molar-refractivity contribution in [1.29, 1.82) is 0 Å². The lowest BCUT2D eigenvalue weighted by molar-refractivity contribution is -0.137. The van der Waals surface area contributed by atoms with E-state index < -0.39 is 18.4 Å². The van der Waals surface area contributed by atoms with Gasteiger partial charge in [-0.25, -0.2) is 9.97 Å². The highest BCUT2D eigenvalue weighted by Gasteiger charge is 2.30. The summed E-state index contributed by atoms with van der Waals surface area (Å²) in [5.41, 5.74) is 3.82. The van der Waals surface area contributed by atoms with Crippen LogP contribution in [0, 0.1) is 5.92 Å². The molecule has 4 aromatic rings. The van der Waals surface area contributed by atoms with Gasteiger partial charge in [0.1, 0.15) is 12.3 Å². The second-order valence-corrected chi connectivity index (χ2v) is 12.8. The van der Waals surface area contributed by atoms with E-state index in [1.165, 1.54) is 4.90 Å². The van der Waals surface area contributed by atoms with Gasteiger partial charge in [0.15, 0.2) is 0 Å². The Morgan fingerprint density at radius 1 is 0.957 bits per heavy atom. The number of carbonyl (C=O) groups is 2. The van der Waals surface area contributed by atoms with Crippen LogP contribution in [0.3, 0.4) is 0 Å². The Morgan fingerprint density at radius 3 is 2.26 bits per heavy atom. The third-order valence-electron chi connectivity index (χ3n) is 7.91. The third kappa shape index (κ3) is 8.77. The molecular weight excluding hydrogens is 623 g/mol. The molecule has 0 aliphatic carbocycles. The number of aromatic nitrogens is 2. The number of amides is 1. The number of carboxylic acid groups (broad SMARTS) is 1. The summed E-state index contributed by atoms with van der Waals surface area (Å²) < 4.78 is 5.84. The zero-order valence-electron chi connectivity index (χ0n) is 26.0. The zero-order valence-corrected chi connectivity index (χ0v) is 27.5. The molecule has 0 radical (unpaired) electrons. The van der Waals surface area contributed by atoms with Crippen LogP contribution in [-0.4, -0.2) is 51.5 Å². The first kappa shape index (κ1) is 33.2. The summed E-state index contributed by atoms with van der Waals surface area (Å²) in [5, 5.41) is 10.9. The number of halogens is 2. The Bertz CT molecular complexity index is 1630. The lowest BCUT2D eigenvalue weighted by atomic mass is 10.0. The van der Waals surface area contributed by atoms with Gasteiger partial charge in [-0.15, -0.1) is 0 Å². The lowest BCUT2D eigenvalue weighted by Gasteiger charge is -2.27. The molecule has 10 heteroatoms. The fourth-order valence-corrected chi connectivity index (χ4v) is 5.83. The Kier molecular flexibility index (Phi) is 11.1. The topological polar surface area (TPSA) is 95.9 Å². The minimum absolute atomic E-state index is 0.0819. The number of aryl methyl sites for hydroxylation is 2. The van der Waals surface area contributed by atoms with Gasteiger partial charge in [0.2, 0.25) is 5.95 Å². The van der Waals surface area contributed by atoms with Crippen LogP contribution in [0.4, 0.5) is 5.95 Å². The Labute approximate surface area is 280 Å². The molecule has 0 unspecified atom stereocenters. The summed E-state index contributed by atoms with van der Waals surface area (Å²) in [6, 6.07) is 22.9. The maximum Gasteiger partial charge on any atom is 0.323 e. The average Bonchev–Trinajstić information content (AvgIpc) is 3.54. The SMILES string of the molecule is CC(C)COc1ccc(CCc2nc(N3CCC[C@@H]3c3ccc(Cl)cc3)ncc2C(=O)N(CC(=O)O)Cc2ccc(Cl)cc2)cc1. The highest BCUT2D eigenvalue weighted by molar-refractivity contribution is 6.30. The first-order chi connectivity index (χ1) is 22.2. The van der Waals surface area contributed by atoms with Crippen molar-refractivity contribution in [3.63, 3.8) is 0 Å². The van der Waals surface area contributed by atoms with Crippen LogP contribution < -0.4 is 9.64 Å². The fraction of sp³-hybridized carbons (Fsp3) is 0.333. The first-order valence-corrected chi connectivity index (χ1v) is 16.3. The Morgan fingerprint density at radius 2 is 1.61 bits per heavy atom. The van der Waals surface area contributed by atoms with Crippen molar-refractivity contribution in [2.24, 2.45) is 5.92 Å². The van der Waals surface area contributed by atoms with E-state index in [1.807, 2.05) is 48.5 Å². The Balaban J connectivity index is 1.44. The molecule has 0 spiro atoms. The molecule has 5 rings (SSSR count). The quantitative estimate of drug-likeness (QED) is 0.157. The third-order valence-corrected chi connectivity index (χ3v) is 8.41. The largest absolute Gasteiger partial charge is 0.493 e. The minimum atomic E-state index is -1.11. The van der Waals surface area contributed by atoms with Gasteiger partial charge < -0.3 is 19.6 Å². The van der Waals surface area contributed by atoms with Crippen LogP contribution in [0.15, 0.2) is 79.0 Å². The molecule has 1 fully saturated rings. The van der Waals surface area contributed by atoms with Gasteiger partial charge in [-0.3, -0.25) is 9.59 Å². The lowest BCUT2D eigenvalue weighted by Crippen LogP contribution is -2.36. The minimum Gasteiger partial charge on any atom is -0.493 e. The maximum absolute atomic E-state index is 14.0. The van der Waals surface area contributed by atoms with Crippen LogP contribution >= 0.6 is 23.2 Å². The molecule has 1 N–H and O–H groups in total. The van der Waals surface area contributed by atoms with Gasteiger partial charge in [-0.05, 0) is 84.7 Å². The number of aliphatic carboxylic acids is 1. The van der Waals surface area contributed by atoms with Crippen molar-refractivity contribution in [3.8, 4) is 5.75 Å². The van der Waals surface area contributed by atoms with E-state index in [0.717, 1.165) is 41.8 Å². The smallest absolute Gasteiger partial charge is 0.323 e. The number of carboxylic acids is 1. The molecule has 0 saturated carbocycles. The van der Waals surface area contributed by atoms with Gasteiger partial charge in [0.25, 0.3) is 5.91 Å². The molecule has 240 valence electrons. The average molecular weight is 662 g/mol. The molecule has 1 atom stereocenters. The molecule has 8 nitrogen and oxygen atoms in total. The van der Waals surface area contributed by atoms with Gasteiger partial charge in [0.05, 0.1) is 23.9 Å². The summed E-state index contributed by atoms with van der Waals surface area (Å²) >= 11 is 12.2. The number of anilines is 1. The van der Waals surface area contributed by atoms with Crippen molar-refractivity contribution in [1.82, 2.24) is 14.9 Å². The van der Waals surface area contributed by atoms with E-state index in [0.29, 0.717) is 47.1 Å². The monoisotopic (exact) mass is 660 g/mol. The molecule has 1 saturated heterocycles. The van der Waals surface area contributed by atoms with Gasteiger partial charge >= 0.3 is 5.97 Å². The molecule has 3 aromatic carbocycles. The summed E-state index contributed by atoms with van der Waals surface area (Å²) in [7, 11) is 0. The molecule has 1 aliphatic heterocycles. The Hall–Kier alpha value is -4.14. The molecule has 0 bridgehead atoms. The number of benzene rings is 3. The number of nitrogens with zero attached hydrogens (tertiary/aromatic N) is 4. The summed E-state index contributed by atoms with van der Waals surface area (Å²) in [4.78, 5) is 39.0. The van der Waals surface area contributed by atoms with Crippen molar-refractivity contribution in [2.45, 2.75) is 52.1 Å². The predicted molar refractivity (Wildman–Crippen MR) is 181 cm³/mol. The van der Waals surface area contributed by atoms with E-state index in [4.69, 9.17) is 32.9 Å². The van der Waals surface area contributed by atoms with Crippen LogP contribution in [-0.2, 0) is 24.2 Å². The molecule has 2 heterocycles. The van der Waals surface area contributed by atoms with Crippen LogP contribution in [0.5, 0.6) is 5.75 Å². The van der Waals surface area contributed by atoms with Crippen LogP contribution in [0.2, 0.25) is 10.0 Å². The van der Waals surface area contributed by atoms with Crippen LogP contribution in [0.1, 0.15) is 65.5 Å². The van der Waals surface area contributed by atoms with Crippen molar-refractivity contribution in [3.05, 3.63) is 117 Å². The fourth-order valence-electron chi connectivity index (χ4n) is 5.57. The molecule has 46 heavy (non-hydrogen) atoms. The maximum atomic E-state index is 14.0. The normalized spacial score (nSPS) is 14.5. The van der Waals surface area contributed by atoms with E-state index >= 15 is 0 Å². The number of hydrogen-bond donors (Lipinski definition) is 1. The van der Waals surface area contributed by atoms with Gasteiger partial charge in [-0.2, -0.15) is 0 Å². The van der Waals surface area contributed by atoms with Crippen molar-refractivity contribution in [2.75, 3.05) is 24.6 Å². The zero-order chi connectivity index (χ0) is 32.6. The highest BCUT2D eigenvalue weighted by atomic mass is 35.5. The summed E-state index contributed by atoms with van der Waals surface area (Å²) in [5.74, 6) is 0.240. The number of ether oxygens (including phenoxy) is 1. The summed E-state index contributed by atoms with van der Waals surface area (Å²) in [6.45, 7) is 5.27. The predicted octanol–water partition coefficient (Wildman–Crippen LogP) is 7.67. The van der Waals surface area contributed by atoms with E-state index in [-0.39, 0.29) is 18.2 Å². The number of hydrogen-bond acceptors (Lipinski definition) is 6. The van der Waals surface area contributed by atoms with Crippen molar-refractivity contribution >= 4 is 41.0 Å². The molecule has 1 aliphatic rings. The van der Waals surface area contributed by atoms with Gasteiger partial charge in [-0.1, -0.05) is 73.4 Å². The van der Waals surface area contributed by atoms with Crippen LogP contribution in [0.25, 0.3) is 0 Å². The standard InChI is InChI=1S/C36H38Cl2N4O4/c1-24(2)23-46-30-16-7-25(8-17-30)9-18-32-31(35(45)41(22-34(43)44)21-26-5-12-28(37)13-6-26)20-39-36(40-32)42-19-3-4-33(42)27-10-14-29(38)15-11-27/h5-8,10-17,20,24,33H,3-4,9,18-19,21-23H2,1-2H3,(H,43,44)/t33-/m1/s1. The summed E-state index contributed by atoms with van der Waals surface area (Å²) in [6.07, 6.45) is 4.56. The second-order valence-electron chi connectivity index (χ2n) is 12.0. The molecule has 1 amide bonds. The second kappa shape index (κ2) is 15.4. The van der Waals surface area contributed by atoms with E-state index in [2.05, 4.69) is 23.7 Å². The van der Waals surface area contributed by atoms with E-state index in [9.17, 15) is 14.7 Å². The number of rotatable bonds is 13. The first-order valence-electron chi connectivity index (χ1n) is 15.5. The molecular formula is C36H38Cl2N4O4. The molecule has 1 aromatic heterocycles. The van der Waals surface area contributed by atoms with Crippen molar-refractivity contribution < 1.29 is 19.4 Å². The number of carbonyl (C=O) groups excluding carboxylic acids is 1. The highest BCUT2D eigenvalue weighted by Crippen LogP contribution is 2.35.